The summed E-state index contributed by atoms with van der Waals surface area (Å²) < 4.78 is 40.7. The molecule has 51 heavy (non-hydrogen) atoms. The van der Waals surface area contributed by atoms with Gasteiger partial charge in [-0.2, -0.15) is 0 Å². The molecule has 15 nitrogen and oxygen atoms in total. The highest BCUT2D eigenvalue weighted by molar-refractivity contribution is 5.94. The highest BCUT2D eigenvalue weighted by atomic mass is 16.6. The maximum atomic E-state index is 14.9. The second-order valence-electron chi connectivity index (χ2n) is 14.2. The van der Waals surface area contributed by atoms with Crippen LogP contribution in [0.5, 0.6) is 0 Å². The molecule has 1 fully saturated rings. The molecule has 0 aromatic carbocycles. The number of Topliss-reactive ketones (excluding diaryl/α,β-unsaturated/α-hetero) is 1. The summed E-state index contributed by atoms with van der Waals surface area (Å²) in [5.41, 5.74) is -5.87. The first-order chi connectivity index (χ1) is 23.3. The molecule has 0 unspecified atom stereocenters. The molecule has 0 bridgehead atoms. The lowest BCUT2D eigenvalue weighted by Crippen LogP contribution is -2.59. The molecule has 0 N–H and O–H groups in total. The Bertz CT molecular complexity index is 1470. The normalized spacial score (nSPS) is 32.5. The standard InChI is InChI=1S/C36H50O15/c1-17(2)33(44)49-28-19(4)27(45-20(5)37)26-31(47-22(7)39)35(13,50-24(9)41)16-36(26,51-25(10)42)30(43)18(3)14-15-34(11,12)32(48-23(8)40)29(28)46-21(6)38/h14-15,17-18,26-29,31-32H,4,16H2,1-3,5-13H3/b15-14+/t18-,26+,27+,28+,29-,31-,32-,35-,36-/m1/s1. The molecule has 0 radical (unpaired) electrons. The van der Waals surface area contributed by atoms with E-state index in [4.69, 9.17) is 33.2 Å². The number of ketones is 1. The van der Waals surface area contributed by atoms with Crippen LogP contribution in [0.25, 0.3) is 0 Å². The van der Waals surface area contributed by atoms with Crippen molar-refractivity contribution in [2.45, 2.75) is 131 Å². The van der Waals surface area contributed by atoms with Gasteiger partial charge < -0.3 is 33.2 Å². The lowest BCUT2D eigenvalue weighted by atomic mass is 9.72. The molecule has 0 saturated heterocycles. The molecule has 9 atom stereocenters. The van der Waals surface area contributed by atoms with Crippen LogP contribution in [-0.2, 0) is 71.5 Å². The molecule has 2 aliphatic rings. The van der Waals surface area contributed by atoms with Gasteiger partial charge in [0, 0.05) is 64.9 Å². The van der Waals surface area contributed by atoms with Crippen molar-refractivity contribution in [3.63, 3.8) is 0 Å². The van der Waals surface area contributed by atoms with Gasteiger partial charge in [0.2, 0.25) is 0 Å². The van der Waals surface area contributed by atoms with E-state index in [2.05, 4.69) is 6.58 Å². The molecule has 2 aliphatic carbocycles. The lowest BCUT2D eigenvalue weighted by Gasteiger charge is -2.44. The van der Waals surface area contributed by atoms with Crippen molar-refractivity contribution < 1.29 is 71.5 Å². The molecular formula is C36H50O15. The van der Waals surface area contributed by atoms with Gasteiger partial charge in [0.25, 0.3) is 0 Å². The lowest BCUT2D eigenvalue weighted by molar-refractivity contribution is -0.196. The SMILES string of the molecule is C=C1[C@H](OC(=O)C(C)C)[C@@H](OC(C)=O)[C@@H](OC(C)=O)C(C)(C)/C=C/[C@@H](C)C(=O)[C@@]2(OC(C)=O)C[C@@](C)(OC(C)=O)[C@H](OC(C)=O)[C@@H]2[C@H]1OC(C)=O. The molecule has 0 heterocycles. The zero-order chi connectivity index (χ0) is 39.4. The molecular weight excluding hydrogens is 672 g/mol. The van der Waals surface area contributed by atoms with Crippen molar-refractivity contribution in [3.8, 4) is 0 Å². The Kier molecular flexibility index (Phi) is 13.5. The molecule has 0 amide bonds. The minimum atomic E-state index is -2.36. The first-order valence-corrected chi connectivity index (χ1v) is 16.5. The van der Waals surface area contributed by atoms with Crippen molar-refractivity contribution in [2.75, 3.05) is 0 Å². The van der Waals surface area contributed by atoms with E-state index in [0.29, 0.717) is 0 Å². The summed E-state index contributed by atoms with van der Waals surface area (Å²) in [5, 5.41) is 0. The van der Waals surface area contributed by atoms with Crippen molar-refractivity contribution >= 4 is 47.6 Å². The fourth-order valence-corrected chi connectivity index (χ4v) is 6.82. The van der Waals surface area contributed by atoms with E-state index in [1.165, 1.54) is 39.8 Å². The van der Waals surface area contributed by atoms with Crippen molar-refractivity contribution in [2.24, 2.45) is 23.2 Å². The quantitative estimate of drug-likeness (QED) is 0.201. The minimum absolute atomic E-state index is 0.339. The number of ether oxygens (including phenoxy) is 7. The number of hydrogen-bond donors (Lipinski definition) is 0. The van der Waals surface area contributed by atoms with E-state index in [1.54, 1.807) is 13.8 Å². The Balaban J connectivity index is 3.30. The van der Waals surface area contributed by atoms with Crippen LogP contribution in [0.4, 0.5) is 0 Å². The van der Waals surface area contributed by atoms with E-state index in [0.717, 1.165) is 41.5 Å². The zero-order valence-corrected chi connectivity index (χ0v) is 31.3. The van der Waals surface area contributed by atoms with E-state index in [1.807, 2.05) is 0 Å². The zero-order valence-electron chi connectivity index (χ0n) is 31.3. The number of allylic oxidation sites excluding steroid dienone is 1. The second-order valence-corrected chi connectivity index (χ2v) is 14.2. The van der Waals surface area contributed by atoms with Crippen LogP contribution in [0.1, 0.15) is 89.5 Å². The van der Waals surface area contributed by atoms with Crippen molar-refractivity contribution in [1.82, 2.24) is 0 Å². The van der Waals surface area contributed by atoms with E-state index in [9.17, 15) is 38.4 Å². The largest absolute Gasteiger partial charge is 0.458 e. The van der Waals surface area contributed by atoms with Gasteiger partial charge in [0.1, 0.15) is 6.10 Å². The molecule has 0 spiro atoms. The Morgan fingerprint density at radius 1 is 0.706 bits per heavy atom. The summed E-state index contributed by atoms with van der Waals surface area (Å²) in [6.45, 7) is 19.6. The van der Waals surface area contributed by atoms with Crippen molar-refractivity contribution in [1.29, 1.82) is 0 Å². The maximum absolute atomic E-state index is 14.9. The van der Waals surface area contributed by atoms with Gasteiger partial charge in [-0.3, -0.25) is 38.4 Å². The van der Waals surface area contributed by atoms with E-state index >= 15 is 0 Å². The van der Waals surface area contributed by atoms with Crippen LogP contribution >= 0.6 is 0 Å². The molecule has 1 saturated carbocycles. The fourth-order valence-electron chi connectivity index (χ4n) is 6.82. The third-order valence-electron chi connectivity index (χ3n) is 8.71. The third kappa shape index (κ3) is 9.82. The van der Waals surface area contributed by atoms with Crippen molar-refractivity contribution in [3.05, 3.63) is 24.3 Å². The van der Waals surface area contributed by atoms with Crippen LogP contribution in [-0.4, -0.2) is 89.3 Å². The maximum Gasteiger partial charge on any atom is 0.309 e. The summed E-state index contributed by atoms with van der Waals surface area (Å²) in [7, 11) is 0. The van der Waals surface area contributed by atoms with Gasteiger partial charge in [-0.05, 0) is 6.92 Å². The summed E-state index contributed by atoms with van der Waals surface area (Å²) in [6, 6.07) is 0. The first kappa shape index (κ1) is 42.6. The van der Waals surface area contributed by atoms with Crippen LogP contribution in [0.3, 0.4) is 0 Å². The number of esters is 7. The second kappa shape index (κ2) is 16.2. The molecule has 0 aromatic heterocycles. The van der Waals surface area contributed by atoms with Gasteiger partial charge in [-0.1, -0.05) is 53.3 Å². The number of carbonyl (C=O) groups is 8. The summed E-state index contributed by atoms with van der Waals surface area (Å²) in [5.74, 6) is -10.6. The Labute approximate surface area is 297 Å². The number of rotatable bonds is 8. The predicted octanol–water partition coefficient (Wildman–Crippen LogP) is 3.28. The molecule has 0 aliphatic heterocycles. The van der Waals surface area contributed by atoms with Gasteiger partial charge in [-0.15, -0.1) is 0 Å². The van der Waals surface area contributed by atoms with Crippen LogP contribution < -0.4 is 0 Å². The van der Waals surface area contributed by atoms with Crippen LogP contribution in [0.2, 0.25) is 0 Å². The number of fused-ring (bicyclic) bond motifs is 1. The van der Waals surface area contributed by atoms with Gasteiger partial charge in [0.15, 0.2) is 41.4 Å². The highest BCUT2D eigenvalue weighted by Gasteiger charge is 2.72. The molecule has 284 valence electrons. The van der Waals surface area contributed by atoms with Crippen LogP contribution in [0.15, 0.2) is 24.3 Å². The monoisotopic (exact) mass is 722 g/mol. The molecule has 15 heteroatoms. The Morgan fingerprint density at radius 2 is 1.20 bits per heavy atom. The average Bonchev–Trinajstić information content (AvgIpc) is 3.19. The van der Waals surface area contributed by atoms with Gasteiger partial charge in [-0.25, -0.2) is 0 Å². The number of hydrogen-bond acceptors (Lipinski definition) is 15. The Hall–Kier alpha value is -4.56. The summed E-state index contributed by atoms with van der Waals surface area (Å²) >= 11 is 0. The van der Waals surface area contributed by atoms with E-state index < -0.39 is 119 Å². The molecule has 2 rings (SSSR count). The highest BCUT2D eigenvalue weighted by Crippen LogP contribution is 2.54. The number of carbonyl (C=O) groups excluding carboxylic acids is 8. The topological polar surface area (TPSA) is 201 Å². The average molecular weight is 723 g/mol. The predicted molar refractivity (Wildman–Crippen MR) is 176 cm³/mol. The Morgan fingerprint density at radius 3 is 1.65 bits per heavy atom. The van der Waals surface area contributed by atoms with E-state index in [-0.39, 0.29) is 5.57 Å². The van der Waals surface area contributed by atoms with Crippen LogP contribution in [0, 0.1) is 23.2 Å². The minimum Gasteiger partial charge on any atom is -0.458 e. The van der Waals surface area contributed by atoms with Gasteiger partial charge >= 0.3 is 41.8 Å². The van der Waals surface area contributed by atoms with Gasteiger partial charge in [0.05, 0.1) is 11.8 Å². The summed E-state index contributed by atoms with van der Waals surface area (Å²) in [4.78, 5) is 105. The smallest absolute Gasteiger partial charge is 0.309 e. The molecule has 0 aromatic rings. The fraction of sp³-hybridized carbons (Fsp3) is 0.667. The summed E-state index contributed by atoms with van der Waals surface area (Å²) in [6.07, 6.45) is -6.01. The first-order valence-electron chi connectivity index (χ1n) is 16.5. The third-order valence-corrected chi connectivity index (χ3v) is 8.71.